The van der Waals surface area contributed by atoms with Gasteiger partial charge in [-0.15, -0.1) is 12.6 Å². The van der Waals surface area contributed by atoms with Gasteiger partial charge in [-0.25, -0.2) is 0 Å². The van der Waals surface area contributed by atoms with E-state index in [0.717, 1.165) is 21.8 Å². The number of amides is 1. The first-order valence-electron chi connectivity index (χ1n) is 6.07. The smallest absolute Gasteiger partial charge is 0.254 e. The van der Waals surface area contributed by atoms with Crippen molar-refractivity contribution in [3.8, 4) is 0 Å². The first-order chi connectivity index (χ1) is 8.99. The number of thiol groups is 1. The van der Waals surface area contributed by atoms with E-state index in [1.54, 1.807) is 24.3 Å². The van der Waals surface area contributed by atoms with Gasteiger partial charge in [0.1, 0.15) is 5.76 Å². The summed E-state index contributed by atoms with van der Waals surface area (Å²) in [6.07, 6.45) is 1.64. The monoisotopic (exact) mass is 275 g/mol. The van der Waals surface area contributed by atoms with Gasteiger partial charge in [0, 0.05) is 29.6 Å². The van der Waals surface area contributed by atoms with Crippen molar-refractivity contribution in [2.75, 3.05) is 7.05 Å². The van der Waals surface area contributed by atoms with E-state index in [4.69, 9.17) is 4.42 Å². The van der Waals surface area contributed by atoms with E-state index in [-0.39, 0.29) is 5.91 Å². The fraction of sp³-hybridized carbons (Fsp3) is 0.267. The molecule has 3 nitrogen and oxygen atoms in total. The maximum absolute atomic E-state index is 12.4. The molecule has 0 bridgehead atoms. The molecule has 100 valence electrons. The van der Waals surface area contributed by atoms with Crippen molar-refractivity contribution < 1.29 is 9.21 Å². The van der Waals surface area contributed by atoms with Crippen LogP contribution in [0, 0.1) is 13.8 Å². The maximum atomic E-state index is 12.4. The van der Waals surface area contributed by atoms with Gasteiger partial charge in [0.2, 0.25) is 0 Å². The van der Waals surface area contributed by atoms with Gasteiger partial charge in [-0.3, -0.25) is 4.79 Å². The molecule has 0 radical (unpaired) electrons. The van der Waals surface area contributed by atoms with Gasteiger partial charge < -0.3 is 9.32 Å². The molecule has 19 heavy (non-hydrogen) atoms. The molecule has 1 heterocycles. The molecule has 2 aromatic rings. The number of rotatable bonds is 3. The Hall–Kier alpha value is -1.68. The minimum atomic E-state index is -0.00556. The summed E-state index contributed by atoms with van der Waals surface area (Å²) < 4.78 is 5.24. The van der Waals surface area contributed by atoms with Gasteiger partial charge in [0.25, 0.3) is 5.91 Å². The average Bonchev–Trinajstić information content (AvgIpc) is 2.77. The Labute approximate surface area is 118 Å². The molecule has 0 unspecified atom stereocenters. The molecule has 0 aliphatic rings. The summed E-state index contributed by atoms with van der Waals surface area (Å²) in [5.41, 5.74) is 2.67. The number of carbonyl (C=O) groups excluding carboxylic acids is 1. The molecular weight excluding hydrogens is 258 g/mol. The van der Waals surface area contributed by atoms with Gasteiger partial charge in [-0.1, -0.05) is 6.07 Å². The molecule has 0 aliphatic carbocycles. The molecule has 0 fully saturated rings. The molecule has 1 aromatic heterocycles. The van der Waals surface area contributed by atoms with Gasteiger partial charge in [-0.05, 0) is 37.6 Å². The third-order valence-electron chi connectivity index (χ3n) is 3.17. The summed E-state index contributed by atoms with van der Waals surface area (Å²) in [7, 11) is 1.79. The Morgan fingerprint density at radius 2 is 2.05 bits per heavy atom. The highest BCUT2D eigenvalue weighted by Crippen LogP contribution is 2.18. The molecule has 0 saturated heterocycles. The Morgan fingerprint density at radius 1 is 1.32 bits per heavy atom. The lowest BCUT2D eigenvalue weighted by Crippen LogP contribution is -2.27. The summed E-state index contributed by atoms with van der Waals surface area (Å²) in [5.74, 6) is 0.841. The molecule has 1 amide bonds. The minimum Gasteiger partial charge on any atom is -0.469 e. The average molecular weight is 275 g/mol. The van der Waals surface area contributed by atoms with Crippen molar-refractivity contribution in [3.63, 3.8) is 0 Å². The molecule has 2 rings (SSSR count). The van der Waals surface area contributed by atoms with Crippen LogP contribution >= 0.6 is 12.6 Å². The predicted molar refractivity (Wildman–Crippen MR) is 77.7 cm³/mol. The number of nitrogens with zero attached hydrogens (tertiary/aromatic N) is 1. The number of hydrogen-bond acceptors (Lipinski definition) is 3. The van der Waals surface area contributed by atoms with Crippen molar-refractivity contribution in [1.29, 1.82) is 0 Å². The van der Waals surface area contributed by atoms with Crippen molar-refractivity contribution in [2.24, 2.45) is 0 Å². The quantitative estimate of drug-likeness (QED) is 0.870. The van der Waals surface area contributed by atoms with Crippen LogP contribution in [-0.2, 0) is 6.54 Å². The first-order valence-corrected chi connectivity index (χ1v) is 6.52. The van der Waals surface area contributed by atoms with Gasteiger partial charge in [-0.2, -0.15) is 0 Å². The van der Waals surface area contributed by atoms with Crippen LogP contribution in [0.2, 0.25) is 0 Å². The standard InChI is InChI=1S/C15H17NO2S/c1-10-4-5-13(19)8-14(10)15(17)16(3)9-12-6-7-18-11(12)2/h4-8,19H,9H2,1-3H3. The third kappa shape index (κ3) is 3.01. The van der Waals surface area contributed by atoms with Gasteiger partial charge in [0.05, 0.1) is 6.26 Å². The molecule has 1 aromatic carbocycles. The first kappa shape index (κ1) is 13.7. The number of benzene rings is 1. The maximum Gasteiger partial charge on any atom is 0.254 e. The van der Waals surface area contributed by atoms with Gasteiger partial charge >= 0.3 is 0 Å². The molecule has 0 atom stereocenters. The molecule has 0 spiro atoms. The normalized spacial score (nSPS) is 10.5. The van der Waals surface area contributed by atoms with E-state index in [9.17, 15) is 4.79 Å². The number of aryl methyl sites for hydroxylation is 2. The second-order valence-corrected chi connectivity index (χ2v) is 5.18. The van der Waals surface area contributed by atoms with E-state index >= 15 is 0 Å². The van der Waals surface area contributed by atoms with E-state index in [0.29, 0.717) is 12.1 Å². The van der Waals surface area contributed by atoms with Crippen LogP contribution in [-0.4, -0.2) is 17.9 Å². The Morgan fingerprint density at radius 3 is 2.68 bits per heavy atom. The number of hydrogen-bond donors (Lipinski definition) is 1. The van der Waals surface area contributed by atoms with Crippen LogP contribution in [0.5, 0.6) is 0 Å². The molecule has 0 aliphatic heterocycles. The minimum absolute atomic E-state index is 0.00556. The van der Waals surface area contributed by atoms with Crippen molar-refractivity contribution in [3.05, 3.63) is 53.0 Å². The van der Waals surface area contributed by atoms with E-state index in [1.807, 2.05) is 32.0 Å². The summed E-state index contributed by atoms with van der Waals surface area (Å²) in [6, 6.07) is 7.49. The highest BCUT2D eigenvalue weighted by atomic mass is 32.1. The highest BCUT2D eigenvalue weighted by Gasteiger charge is 2.16. The predicted octanol–water partition coefficient (Wildman–Crippen LogP) is 3.46. The van der Waals surface area contributed by atoms with Gasteiger partial charge in [0.15, 0.2) is 0 Å². The summed E-state index contributed by atoms with van der Waals surface area (Å²) in [5, 5.41) is 0. The Balaban J connectivity index is 2.19. The zero-order valence-electron chi connectivity index (χ0n) is 11.3. The third-order valence-corrected chi connectivity index (χ3v) is 3.45. The summed E-state index contributed by atoms with van der Waals surface area (Å²) in [6.45, 7) is 4.36. The topological polar surface area (TPSA) is 33.5 Å². The zero-order valence-corrected chi connectivity index (χ0v) is 12.2. The van der Waals surface area contributed by atoms with Crippen LogP contribution in [0.4, 0.5) is 0 Å². The van der Waals surface area contributed by atoms with Crippen LogP contribution < -0.4 is 0 Å². The van der Waals surface area contributed by atoms with E-state index < -0.39 is 0 Å². The Bertz CT molecular complexity index is 604. The van der Waals surface area contributed by atoms with Crippen molar-refractivity contribution in [2.45, 2.75) is 25.3 Å². The lowest BCUT2D eigenvalue weighted by Gasteiger charge is -2.18. The molecule has 4 heteroatoms. The number of furan rings is 1. The fourth-order valence-corrected chi connectivity index (χ4v) is 2.15. The number of carbonyl (C=O) groups is 1. The van der Waals surface area contributed by atoms with Crippen LogP contribution in [0.1, 0.15) is 27.2 Å². The Kier molecular flexibility index (Phi) is 4.00. The lowest BCUT2D eigenvalue weighted by atomic mass is 10.1. The zero-order chi connectivity index (χ0) is 14.0. The SMILES string of the molecule is Cc1ccc(S)cc1C(=O)N(C)Cc1ccoc1C. The summed E-state index contributed by atoms with van der Waals surface area (Å²) >= 11 is 4.28. The van der Waals surface area contributed by atoms with Crippen molar-refractivity contribution in [1.82, 2.24) is 4.90 Å². The van der Waals surface area contributed by atoms with E-state index in [1.165, 1.54) is 0 Å². The second kappa shape index (κ2) is 5.53. The summed E-state index contributed by atoms with van der Waals surface area (Å²) in [4.78, 5) is 14.9. The molecule has 0 saturated carbocycles. The second-order valence-electron chi connectivity index (χ2n) is 4.66. The van der Waals surface area contributed by atoms with Crippen LogP contribution in [0.25, 0.3) is 0 Å². The largest absolute Gasteiger partial charge is 0.469 e. The van der Waals surface area contributed by atoms with Crippen LogP contribution in [0.15, 0.2) is 39.8 Å². The van der Waals surface area contributed by atoms with Crippen LogP contribution in [0.3, 0.4) is 0 Å². The van der Waals surface area contributed by atoms with Crippen molar-refractivity contribution >= 4 is 18.5 Å². The lowest BCUT2D eigenvalue weighted by molar-refractivity contribution is 0.0783. The highest BCUT2D eigenvalue weighted by molar-refractivity contribution is 7.80. The fourth-order valence-electron chi connectivity index (χ4n) is 1.95. The molecule has 0 N–H and O–H groups in total. The molecular formula is C15H17NO2S. The van der Waals surface area contributed by atoms with E-state index in [2.05, 4.69) is 12.6 Å².